The quantitative estimate of drug-likeness (QED) is 0.542. The van der Waals surface area contributed by atoms with Crippen LogP contribution in [0.4, 0.5) is 4.39 Å². The second kappa shape index (κ2) is 5.11. The highest BCUT2D eigenvalue weighted by molar-refractivity contribution is 6.23. The zero-order valence-electron chi connectivity index (χ0n) is 7.74. The molecule has 14 heavy (non-hydrogen) atoms. The standard InChI is InChI=1S/C10H10FNO2/c1-14-10(13)7-12-6-8-2-4-9(11)5-3-8/h2-5,7H,6H2,1H3. The van der Waals surface area contributed by atoms with E-state index in [9.17, 15) is 9.18 Å². The van der Waals surface area contributed by atoms with E-state index in [0.29, 0.717) is 6.54 Å². The van der Waals surface area contributed by atoms with Gasteiger partial charge >= 0.3 is 5.97 Å². The molecule has 1 rings (SSSR count). The molecule has 0 saturated heterocycles. The molecule has 0 aromatic heterocycles. The number of esters is 1. The third-order valence-corrected chi connectivity index (χ3v) is 1.58. The summed E-state index contributed by atoms with van der Waals surface area (Å²) in [6, 6.07) is 5.93. The van der Waals surface area contributed by atoms with Gasteiger partial charge in [0.2, 0.25) is 0 Å². The van der Waals surface area contributed by atoms with Crippen molar-refractivity contribution in [1.82, 2.24) is 0 Å². The molecule has 4 heteroatoms. The van der Waals surface area contributed by atoms with Crippen LogP contribution in [-0.4, -0.2) is 19.3 Å². The highest BCUT2D eigenvalue weighted by atomic mass is 19.1. The first-order valence-electron chi connectivity index (χ1n) is 4.04. The number of rotatable bonds is 3. The number of methoxy groups -OCH3 is 1. The molecule has 0 radical (unpaired) electrons. The maximum atomic E-state index is 12.5. The van der Waals surface area contributed by atoms with Gasteiger partial charge in [0.25, 0.3) is 0 Å². The van der Waals surface area contributed by atoms with Gasteiger partial charge in [-0.25, -0.2) is 9.18 Å². The van der Waals surface area contributed by atoms with Gasteiger partial charge in [-0.05, 0) is 17.7 Å². The molecule has 0 aliphatic carbocycles. The predicted octanol–water partition coefficient (Wildman–Crippen LogP) is 1.57. The third kappa shape index (κ3) is 3.35. The Morgan fingerprint density at radius 2 is 2.14 bits per heavy atom. The van der Waals surface area contributed by atoms with E-state index in [1.807, 2.05) is 0 Å². The normalized spacial score (nSPS) is 10.4. The first kappa shape index (κ1) is 10.4. The molecule has 0 N–H and O–H groups in total. The number of aliphatic imine (C=N–C) groups is 1. The van der Waals surface area contributed by atoms with Crippen molar-refractivity contribution in [2.75, 3.05) is 7.11 Å². The lowest BCUT2D eigenvalue weighted by molar-refractivity contribution is -0.132. The van der Waals surface area contributed by atoms with E-state index in [1.165, 1.54) is 19.2 Å². The summed E-state index contributed by atoms with van der Waals surface area (Å²) in [6.45, 7) is 0.343. The van der Waals surface area contributed by atoms with Crippen LogP contribution in [0.15, 0.2) is 29.3 Å². The van der Waals surface area contributed by atoms with Crippen LogP contribution in [0.1, 0.15) is 5.56 Å². The van der Waals surface area contributed by atoms with Gasteiger partial charge in [0.15, 0.2) is 0 Å². The van der Waals surface area contributed by atoms with Crippen molar-refractivity contribution in [3.8, 4) is 0 Å². The van der Waals surface area contributed by atoms with Crippen LogP contribution < -0.4 is 0 Å². The van der Waals surface area contributed by atoms with Crippen molar-refractivity contribution in [2.45, 2.75) is 6.54 Å². The van der Waals surface area contributed by atoms with E-state index in [4.69, 9.17) is 0 Å². The molecule has 74 valence electrons. The molecule has 0 heterocycles. The molecule has 0 bridgehead atoms. The molecule has 1 aromatic rings. The minimum Gasteiger partial charge on any atom is -0.465 e. The Morgan fingerprint density at radius 3 is 2.71 bits per heavy atom. The topological polar surface area (TPSA) is 38.7 Å². The lowest BCUT2D eigenvalue weighted by Gasteiger charge is -1.95. The van der Waals surface area contributed by atoms with Crippen LogP contribution in [0.2, 0.25) is 0 Å². The number of benzene rings is 1. The molecule has 1 aromatic carbocycles. The highest BCUT2D eigenvalue weighted by Gasteiger charge is 1.93. The molecular weight excluding hydrogens is 185 g/mol. The lowest BCUT2D eigenvalue weighted by atomic mass is 10.2. The van der Waals surface area contributed by atoms with E-state index in [1.54, 1.807) is 12.1 Å². The molecule has 0 atom stereocenters. The van der Waals surface area contributed by atoms with E-state index in [-0.39, 0.29) is 5.82 Å². The van der Waals surface area contributed by atoms with Gasteiger partial charge in [-0.15, -0.1) is 0 Å². The van der Waals surface area contributed by atoms with Gasteiger partial charge in [-0.1, -0.05) is 12.1 Å². The predicted molar refractivity (Wildman–Crippen MR) is 50.6 cm³/mol. The Hall–Kier alpha value is -1.71. The fourth-order valence-corrected chi connectivity index (χ4v) is 0.868. The Labute approximate surface area is 81.2 Å². The summed E-state index contributed by atoms with van der Waals surface area (Å²) in [4.78, 5) is 14.4. The molecule has 0 fully saturated rings. The van der Waals surface area contributed by atoms with Crippen molar-refractivity contribution in [1.29, 1.82) is 0 Å². The summed E-state index contributed by atoms with van der Waals surface area (Å²) < 4.78 is 16.8. The first-order valence-corrected chi connectivity index (χ1v) is 4.04. The summed E-state index contributed by atoms with van der Waals surface area (Å²) in [7, 11) is 1.28. The minimum absolute atomic E-state index is 0.286. The largest absolute Gasteiger partial charge is 0.465 e. The lowest BCUT2D eigenvalue weighted by Crippen LogP contribution is -2.01. The molecule has 0 unspecified atom stereocenters. The van der Waals surface area contributed by atoms with Crippen molar-refractivity contribution in [2.24, 2.45) is 4.99 Å². The maximum absolute atomic E-state index is 12.5. The van der Waals surface area contributed by atoms with Gasteiger partial charge < -0.3 is 4.74 Å². The average Bonchev–Trinajstić information content (AvgIpc) is 2.21. The smallest absolute Gasteiger partial charge is 0.348 e. The molecule has 0 aliphatic heterocycles. The fraction of sp³-hybridized carbons (Fsp3) is 0.200. The number of hydrogen-bond donors (Lipinski definition) is 0. The van der Waals surface area contributed by atoms with Crippen LogP contribution in [0.5, 0.6) is 0 Å². The Kier molecular flexibility index (Phi) is 3.79. The maximum Gasteiger partial charge on any atom is 0.348 e. The van der Waals surface area contributed by atoms with Crippen LogP contribution in [0.25, 0.3) is 0 Å². The van der Waals surface area contributed by atoms with Crippen molar-refractivity contribution in [3.05, 3.63) is 35.6 Å². The van der Waals surface area contributed by atoms with Crippen molar-refractivity contribution < 1.29 is 13.9 Å². The molecule has 0 aliphatic rings. The second-order valence-electron chi connectivity index (χ2n) is 2.62. The second-order valence-corrected chi connectivity index (χ2v) is 2.62. The zero-order chi connectivity index (χ0) is 10.4. The van der Waals surface area contributed by atoms with Gasteiger partial charge in [-0.3, -0.25) is 4.99 Å². The number of hydrogen-bond acceptors (Lipinski definition) is 3. The van der Waals surface area contributed by atoms with Crippen molar-refractivity contribution in [3.63, 3.8) is 0 Å². The molecule has 0 spiro atoms. The van der Waals surface area contributed by atoms with Crippen LogP contribution in [0.3, 0.4) is 0 Å². The first-order chi connectivity index (χ1) is 6.72. The van der Waals surface area contributed by atoms with Gasteiger partial charge in [0.05, 0.1) is 13.7 Å². The summed E-state index contributed by atoms with van der Waals surface area (Å²) in [5, 5.41) is 0. The van der Waals surface area contributed by atoms with E-state index < -0.39 is 5.97 Å². The number of halogens is 1. The number of carbonyl (C=O) groups is 1. The minimum atomic E-state index is -0.493. The van der Waals surface area contributed by atoms with E-state index in [2.05, 4.69) is 9.73 Å². The van der Waals surface area contributed by atoms with Crippen LogP contribution >= 0.6 is 0 Å². The average molecular weight is 195 g/mol. The van der Waals surface area contributed by atoms with E-state index >= 15 is 0 Å². The number of ether oxygens (including phenoxy) is 1. The fourth-order valence-electron chi connectivity index (χ4n) is 0.868. The highest BCUT2D eigenvalue weighted by Crippen LogP contribution is 2.03. The molecular formula is C10H10FNO2. The number of nitrogens with zero attached hydrogens (tertiary/aromatic N) is 1. The summed E-state index contributed by atoms with van der Waals surface area (Å²) in [5.74, 6) is -0.780. The molecule has 0 saturated carbocycles. The van der Waals surface area contributed by atoms with Gasteiger partial charge in [0.1, 0.15) is 12.0 Å². The van der Waals surface area contributed by atoms with Crippen LogP contribution in [-0.2, 0) is 16.1 Å². The summed E-state index contributed by atoms with van der Waals surface area (Å²) >= 11 is 0. The number of carbonyl (C=O) groups excluding carboxylic acids is 1. The third-order valence-electron chi connectivity index (χ3n) is 1.58. The van der Waals surface area contributed by atoms with Gasteiger partial charge in [-0.2, -0.15) is 0 Å². The summed E-state index contributed by atoms with van der Waals surface area (Å²) in [5.41, 5.74) is 0.839. The Balaban J connectivity index is 2.49. The zero-order valence-corrected chi connectivity index (χ0v) is 7.74. The Bertz CT molecular complexity index is 332. The SMILES string of the molecule is COC(=O)C=NCc1ccc(F)cc1. The molecule has 0 amide bonds. The Morgan fingerprint density at radius 1 is 1.50 bits per heavy atom. The van der Waals surface area contributed by atoms with Crippen molar-refractivity contribution >= 4 is 12.2 Å². The monoisotopic (exact) mass is 195 g/mol. The van der Waals surface area contributed by atoms with Crippen LogP contribution in [0, 0.1) is 5.82 Å². The summed E-state index contributed by atoms with van der Waals surface area (Å²) in [6.07, 6.45) is 1.10. The van der Waals surface area contributed by atoms with E-state index in [0.717, 1.165) is 11.8 Å². The molecule has 3 nitrogen and oxygen atoms in total. The van der Waals surface area contributed by atoms with Gasteiger partial charge in [0, 0.05) is 0 Å².